The highest BCUT2D eigenvalue weighted by molar-refractivity contribution is 7.80. The van der Waals surface area contributed by atoms with Gasteiger partial charge in [0, 0.05) is 18.7 Å². The molecule has 5 atom stereocenters. The maximum absolute atomic E-state index is 13.4. The summed E-state index contributed by atoms with van der Waals surface area (Å²) in [6, 6.07) is 2.28. The number of hydrogen-bond donors (Lipinski definition) is 6. The first-order valence-electron chi connectivity index (χ1n) is 11.4. The standard InChI is InChI=1S/C23H34N4O6S/c1-3-13(2)19(26-20(29)16(24)12-34)22(31)27-10-4-5-18(27)21(30)25-17(23(32)33)11-14-6-8-15(28)9-7-14/h6-9,13,16-19,28,34H,3-5,10-12,24H2,1-2H3,(H,25,30)(H,26,29)(H,32,33). The van der Waals surface area contributed by atoms with E-state index in [1.165, 1.54) is 17.0 Å². The number of aromatic hydroxyl groups is 1. The van der Waals surface area contributed by atoms with Crippen molar-refractivity contribution in [3.05, 3.63) is 29.8 Å². The molecule has 5 unspecified atom stereocenters. The van der Waals surface area contributed by atoms with E-state index in [9.17, 15) is 29.4 Å². The molecule has 1 aromatic rings. The van der Waals surface area contributed by atoms with E-state index < -0.39 is 47.9 Å². The molecule has 1 aliphatic rings. The number of carboxylic acid groups (broad SMARTS) is 1. The van der Waals surface area contributed by atoms with Crippen molar-refractivity contribution in [1.82, 2.24) is 15.5 Å². The average molecular weight is 495 g/mol. The molecule has 11 heteroatoms. The fourth-order valence-electron chi connectivity index (χ4n) is 3.84. The van der Waals surface area contributed by atoms with Gasteiger partial charge in [0.05, 0.1) is 6.04 Å². The van der Waals surface area contributed by atoms with Gasteiger partial charge in [-0.05, 0) is 36.5 Å². The number of benzene rings is 1. The summed E-state index contributed by atoms with van der Waals surface area (Å²) in [6.45, 7) is 4.05. The number of carbonyl (C=O) groups is 4. The molecule has 2 rings (SSSR count). The Labute approximate surface area is 204 Å². The first-order valence-corrected chi connectivity index (χ1v) is 12.0. The number of nitrogens with zero attached hydrogens (tertiary/aromatic N) is 1. The van der Waals surface area contributed by atoms with Gasteiger partial charge in [0.15, 0.2) is 0 Å². The van der Waals surface area contributed by atoms with Crippen molar-refractivity contribution in [3.63, 3.8) is 0 Å². The summed E-state index contributed by atoms with van der Waals surface area (Å²) >= 11 is 4.03. The van der Waals surface area contributed by atoms with E-state index in [4.69, 9.17) is 5.73 Å². The van der Waals surface area contributed by atoms with Gasteiger partial charge in [0.25, 0.3) is 0 Å². The maximum atomic E-state index is 13.4. The summed E-state index contributed by atoms with van der Waals surface area (Å²) in [7, 11) is 0. The number of phenols is 1. The van der Waals surface area contributed by atoms with Crippen LogP contribution in [0, 0.1) is 5.92 Å². The Bertz CT molecular complexity index is 881. The predicted octanol–water partition coefficient (Wildman–Crippen LogP) is 0.283. The number of nitrogens with one attached hydrogen (secondary N) is 2. The van der Waals surface area contributed by atoms with E-state index in [1.807, 2.05) is 13.8 Å². The molecular weight excluding hydrogens is 460 g/mol. The van der Waals surface area contributed by atoms with E-state index >= 15 is 0 Å². The number of likely N-dealkylation sites (tertiary alicyclic amines) is 1. The van der Waals surface area contributed by atoms with Crippen LogP contribution < -0.4 is 16.4 Å². The summed E-state index contributed by atoms with van der Waals surface area (Å²) in [4.78, 5) is 51.9. The van der Waals surface area contributed by atoms with Crippen molar-refractivity contribution >= 4 is 36.3 Å². The zero-order valence-electron chi connectivity index (χ0n) is 19.4. The largest absolute Gasteiger partial charge is 0.508 e. The quantitative estimate of drug-likeness (QED) is 0.241. The van der Waals surface area contributed by atoms with Crippen molar-refractivity contribution in [1.29, 1.82) is 0 Å². The van der Waals surface area contributed by atoms with Crippen LogP contribution in [0.3, 0.4) is 0 Å². The van der Waals surface area contributed by atoms with E-state index in [1.54, 1.807) is 12.1 Å². The van der Waals surface area contributed by atoms with Gasteiger partial charge in [0.2, 0.25) is 17.7 Å². The van der Waals surface area contributed by atoms with E-state index in [0.717, 1.165) is 0 Å². The molecule has 3 amide bonds. The average Bonchev–Trinajstić information content (AvgIpc) is 3.31. The van der Waals surface area contributed by atoms with Crippen LogP contribution in [0.5, 0.6) is 5.75 Å². The Morgan fingerprint density at radius 1 is 1.21 bits per heavy atom. The first kappa shape index (κ1) is 27.5. The molecule has 1 aliphatic heterocycles. The van der Waals surface area contributed by atoms with Crippen LogP contribution in [-0.4, -0.2) is 75.3 Å². The number of carbonyl (C=O) groups excluding carboxylic acids is 3. The van der Waals surface area contributed by atoms with E-state index in [2.05, 4.69) is 23.3 Å². The third-order valence-corrected chi connectivity index (χ3v) is 6.53. The number of phenolic OH excluding ortho intramolecular Hbond substituents is 1. The van der Waals surface area contributed by atoms with Crippen LogP contribution in [-0.2, 0) is 25.6 Å². The number of thiol groups is 1. The topological polar surface area (TPSA) is 162 Å². The van der Waals surface area contributed by atoms with Gasteiger partial charge in [-0.1, -0.05) is 32.4 Å². The predicted molar refractivity (Wildman–Crippen MR) is 129 cm³/mol. The minimum atomic E-state index is -1.21. The zero-order valence-corrected chi connectivity index (χ0v) is 20.3. The van der Waals surface area contributed by atoms with Gasteiger partial charge in [-0.15, -0.1) is 0 Å². The molecule has 1 fully saturated rings. The third kappa shape index (κ3) is 7.10. The van der Waals surface area contributed by atoms with E-state index in [0.29, 0.717) is 31.4 Å². The van der Waals surface area contributed by atoms with E-state index in [-0.39, 0.29) is 23.8 Å². The molecule has 0 bridgehead atoms. The number of nitrogens with two attached hydrogens (primary N) is 1. The highest BCUT2D eigenvalue weighted by atomic mass is 32.1. The number of rotatable bonds is 11. The Hall–Kier alpha value is -2.79. The fraction of sp³-hybridized carbons (Fsp3) is 0.565. The van der Waals surface area contributed by atoms with Gasteiger partial charge < -0.3 is 31.5 Å². The summed E-state index contributed by atoms with van der Waals surface area (Å²) in [5.41, 5.74) is 6.37. The third-order valence-electron chi connectivity index (χ3n) is 6.14. The SMILES string of the molecule is CCC(C)C(NC(=O)C(N)CS)C(=O)N1CCCC1C(=O)NC(Cc1ccc(O)cc1)C(=O)O. The molecule has 0 spiro atoms. The Morgan fingerprint density at radius 2 is 1.85 bits per heavy atom. The molecule has 0 aromatic heterocycles. The molecule has 10 nitrogen and oxygen atoms in total. The molecule has 0 aliphatic carbocycles. The number of hydrogen-bond acceptors (Lipinski definition) is 7. The van der Waals surface area contributed by atoms with Crippen LogP contribution >= 0.6 is 12.6 Å². The van der Waals surface area contributed by atoms with Crippen molar-refractivity contribution in [2.24, 2.45) is 11.7 Å². The molecule has 6 N–H and O–H groups in total. The van der Waals surface area contributed by atoms with Crippen molar-refractivity contribution in [2.75, 3.05) is 12.3 Å². The second kappa shape index (κ2) is 12.6. The van der Waals surface area contributed by atoms with Crippen molar-refractivity contribution < 1.29 is 29.4 Å². The van der Waals surface area contributed by atoms with Crippen LogP contribution in [0.25, 0.3) is 0 Å². The highest BCUT2D eigenvalue weighted by Gasteiger charge is 2.40. The normalized spacial score (nSPS) is 19.1. The van der Waals surface area contributed by atoms with Gasteiger partial charge in [-0.25, -0.2) is 4.79 Å². The number of aliphatic carboxylic acids is 1. The summed E-state index contributed by atoms with van der Waals surface area (Å²) < 4.78 is 0. The summed E-state index contributed by atoms with van der Waals surface area (Å²) in [6.07, 6.45) is 1.61. The lowest BCUT2D eigenvalue weighted by atomic mass is 9.97. The van der Waals surface area contributed by atoms with Gasteiger partial charge in [0.1, 0.15) is 23.9 Å². The maximum Gasteiger partial charge on any atom is 0.326 e. The van der Waals surface area contributed by atoms with Crippen LogP contribution in [0.2, 0.25) is 0 Å². The molecule has 1 heterocycles. The second-order valence-electron chi connectivity index (χ2n) is 8.62. The van der Waals surface area contributed by atoms with Crippen molar-refractivity contribution in [2.45, 2.75) is 63.7 Å². The first-order chi connectivity index (χ1) is 16.1. The molecule has 188 valence electrons. The summed E-state index contributed by atoms with van der Waals surface area (Å²) in [5.74, 6) is -2.67. The lowest BCUT2D eigenvalue weighted by Crippen LogP contribution is -2.58. The minimum Gasteiger partial charge on any atom is -0.508 e. The van der Waals surface area contributed by atoms with Crippen LogP contribution in [0.15, 0.2) is 24.3 Å². The smallest absolute Gasteiger partial charge is 0.326 e. The minimum absolute atomic E-state index is 0.0230. The van der Waals surface area contributed by atoms with Crippen LogP contribution in [0.1, 0.15) is 38.7 Å². The number of amides is 3. The Balaban J connectivity index is 2.14. The Kier molecular flexibility index (Phi) is 10.2. The Morgan fingerprint density at radius 3 is 2.41 bits per heavy atom. The second-order valence-corrected chi connectivity index (χ2v) is 8.99. The van der Waals surface area contributed by atoms with Crippen molar-refractivity contribution in [3.8, 4) is 5.75 Å². The monoisotopic (exact) mass is 494 g/mol. The van der Waals surface area contributed by atoms with Gasteiger partial charge in [-0.3, -0.25) is 14.4 Å². The molecular formula is C23H34N4O6S. The lowest BCUT2D eigenvalue weighted by Gasteiger charge is -2.32. The highest BCUT2D eigenvalue weighted by Crippen LogP contribution is 2.22. The molecule has 0 saturated carbocycles. The molecule has 1 aromatic carbocycles. The van der Waals surface area contributed by atoms with Gasteiger partial charge in [-0.2, -0.15) is 12.6 Å². The molecule has 34 heavy (non-hydrogen) atoms. The van der Waals surface area contributed by atoms with Gasteiger partial charge >= 0.3 is 5.97 Å². The molecule has 1 saturated heterocycles. The lowest BCUT2D eigenvalue weighted by molar-refractivity contribution is -0.145. The number of carboxylic acids is 1. The summed E-state index contributed by atoms with van der Waals surface area (Å²) in [5, 5.41) is 24.3. The fourth-order valence-corrected chi connectivity index (χ4v) is 4.01. The zero-order chi connectivity index (χ0) is 25.4. The molecule has 0 radical (unpaired) electrons. The van der Waals surface area contributed by atoms with Crippen LogP contribution in [0.4, 0.5) is 0 Å².